The van der Waals surface area contributed by atoms with E-state index in [1.54, 1.807) is 22.0 Å². The molecule has 6 nitrogen and oxygen atoms in total. The van der Waals surface area contributed by atoms with E-state index in [9.17, 15) is 4.79 Å². The van der Waals surface area contributed by atoms with Crippen LogP contribution in [0.25, 0.3) is 6.20 Å². The molecule has 0 unspecified atom stereocenters. The molecule has 0 aliphatic carbocycles. The molecule has 3 rings (SSSR count). The highest BCUT2D eigenvalue weighted by molar-refractivity contribution is 5.94. The fraction of sp³-hybridized carbons (Fsp3) is 0.200. The molecule has 1 saturated heterocycles. The minimum atomic E-state index is -0.0347. The Hall–Kier alpha value is -2.76. The molecule has 0 saturated carbocycles. The van der Waals surface area contributed by atoms with Crippen LogP contribution in [0.3, 0.4) is 0 Å². The summed E-state index contributed by atoms with van der Waals surface area (Å²) in [6.07, 6.45) is 5.37. The lowest BCUT2D eigenvalue weighted by molar-refractivity contribution is 0.252. The predicted molar refractivity (Wildman–Crippen MR) is 83.1 cm³/mol. The standard InChI is InChI=1S/C15H17N5O/c1-2-19-11-12(10-18-19)9-17-13-3-5-14(6-4-13)20-8-7-16-15(20)21/h2-6,10-11,17H,1,7-9H2,(H,16,21). The van der Waals surface area contributed by atoms with Gasteiger partial charge >= 0.3 is 6.03 Å². The monoisotopic (exact) mass is 283 g/mol. The van der Waals surface area contributed by atoms with Gasteiger partial charge in [0.05, 0.1) is 6.20 Å². The zero-order valence-corrected chi connectivity index (χ0v) is 11.6. The number of anilines is 2. The van der Waals surface area contributed by atoms with Crippen LogP contribution in [0, 0.1) is 0 Å². The Morgan fingerprint density at radius 3 is 2.81 bits per heavy atom. The van der Waals surface area contributed by atoms with E-state index in [0.717, 1.165) is 16.9 Å². The van der Waals surface area contributed by atoms with Gasteiger partial charge in [0.2, 0.25) is 0 Å². The molecule has 21 heavy (non-hydrogen) atoms. The lowest BCUT2D eigenvalue weighted by Crippen LogP contribution is -2.27. The third-order valence-electron chi connectivity index (χ3n) is 3.37. The van der Waals surface area contributed by atoms with Gasteiger partial charge in [-0.2, -0.15) is 5.10 Å². The Balaban J connectivity index is 1.61. The van der Waals surface area contributed by atoms with Crippen molar-refractivity contribution in [1.29, 1.82) is 0 Å². The number of benzene rings is 1. The molecule has 108 valence electrons. The number of rotatable bonds is 5. The van der Waals surface area contributed by atoms with Crippen molar-refractivity contribution in [3.05, 3.63) is 48.8 Å². The van der Waals surface area contributed by atoms with E-state index >= 15 is 0 Å². The van der Waals surface area contributed by atoms with Gasteiger partial charge in [-0.15, -0.1) is 0 Å². The summed E-state index contributed by atoms with van der Waals surface area (Å²) >= 11 is 0. The van der Waals surface area contributed by atoms with E-state index in [-0.39, 0.29) is 6.03 Å². The number of aromatic nitrogens is 2. The van der Waals surface area contributed by atoms with Gasteiger partial charge < -0.3 is 10.6 Å². The second-order valence-electron chi connectivity index (χ2n) is 4.80. The van der Waals surface area contributed by atoms with Gasteiger partial charge in [0, 0.05) is 49.0 Å². The molecule has 2 amide bonds. The number of carbonyl (C=O) groups excluding carboxylic acids is 1. The first-order valence-corrected chi connectivity index (χ1v) is 6.81. The Bertz CT molecular complexity index is 646. The van der Waals surface area contributed by atoms with E-state index in [1.165, 1.54) is 0 Å². The summed E-state index contributed by atoms with van der Waals surface area (Å²) in [5.74, 6) is 0. The largest absolute Gasteiger partial charge is 0.381 e. The van der Waals surface area contributed by atoms with Crippen molar-refractivity contribution in [1.82, 2.24) is 15.1 Å². The van der Waals surface area contributed by atoms with Crippen LogP contribution in [-0.4, -0.2) is 28.9 Å². The maximum Gasteiger partial charge on any atom is 0.321 e. The van der Waals surface area contributed by atoms with Crippen LogP contribution in [0.15, 0.2) is 43.2 Å². The van der Waals surface area contributed by atoms with Gasteiger partial charge in [-0.1, -0.05) is 6.58 Å². The third kappa shape index (κ3) is 2.89. The molecule has 1 aromatic carbocycles. The maximum absolute atomic E-state index is 11.6. The van der Waals surface area contributed by atoms with Crippen molar-refractivity contribution in [3.8, 4) is 0 Å². The summed E-state index contributed by atoms with van der Waals surface area (Å²) in [5, 5.41) is 10.2. The average molecular weight is 283 g/mol. The molecule has 1 aliphatic rings. The van der Waals surface area contributed by atoms with Crippen LogP contribution >= 0.6 is 0 Å². The normalized spacial score (nSPS) is 14.1. The maximum atomic E-state index is 11.6. The number of nitrogens with one attached hydrogen (secondary N) is 2. The van der Waals surface area contributed by atoms with Crippen LogP contribution in [-0.2, 0) is 6.54 Å². The molecule has 1 aromatic heterocycles. The van der Waals surface area contributed by atoms with Gasteiger partial charge in [0.25, 0.3) is 0 Å². The average Bonchev–Trinajstić information content (AvgIpc) is 3.14. The zero-order chi connectivity index (χ0) is 14.7. The molecular formula is C15H17N5O. The SMILES string of the molecule is C=Cn1cc(CNc2ccc(N3CCNC3=O)cc2)cn1. The van der Waals surface area contributed by atoms with Gasteiger partial charge in [-0.25, -0.2) is 9.48 Å². The van der Waals surface area contributed by atoms with Crippen LogP contribution < -0.4 is 15.5 Å². The number of hydrogen-bond donors (Lipinski definition) is 2. The quantitative estimate of drug-likeness (QED) is 0.883. The van der Waals surface area contributed by atoms with Crippen LogP contribution in [0.2, 0.25) is 0 Å². The minimum absolute atomic E-state index is 0.0347. The minimum Gasteiger partial charge on any atom is -0.381 e. The summed E-state index contributed by atoms with van der Waals surface area (Å²) in [5.41, 5.74) is 3.00. The van der Waals surface area contributed by atoms with Crippen molar-refractivity contribution in [3.63, 3.8) is 0 Å². The zero-order valence-electron chi connectivity index (χ0n) is 11.6. The van der Waals surface area contributed by atoms with Gasteiger partial charge in [0.1, 0.15) is 0 Å². The van der Waals surface area contributed by atoms with Crippen molar-refractivity contribution in [2.75, 3.05) is 23.3 Å². The van der Waals surface area contributed by atoms with Crippen molar-refractivity contribution in [2.24, 2.45) is 0 Å². The van der Waals surface area contributed by atoms with Crippen LogP contribution in [0.4, 0.5) is 16.2 Å². The molecule has 0 atom stereocenters. The van der Waals surface area contributed by atoms with E-state index in [2.05, 4.69) is 22.3 Å². The fourth-order valence-corrected chi connectivity index (χ4v) is 2.25. The highest BCUT2D eigenvalue weighted by Gasteiger charge is 2.20. The molecule has 0 bridgehead atoms. The molecule has 0 spiro atoms. The number of carbonyl (C=O) groups is 1. The molecule has 1 fully saturated rings. The first kappa shape index (κ1) is 13.2. The molecule has 6 heteroatoms. The molecule has 2 N–H and O–H groups in total. The predicted octanol–water partition coefficient (Wildman–Crippen LogP) is 2.13. The Labute approximate surface area is 123 Å². The lowest BCUT2D eigenvalue weighted by atomic mass is 10.2. The number of nitrogens with zero attached hydrogens (tertiary/aromatic N) is 3. The number of hydrogen-bond acceptors (Lipinski definition) is 3. The van der Waals surface area contributed by atoms with Crippen LogP contribution in [0.5, 0.6) is 0 Å². The highest BCUT2D eigenvalue weighted by Crippen LogP contribution is 2.19. The van der Waals surface area contributed by atoms with E-state index in [1.807, 2.05) is 30.5 Å². The second kappa shape index (κ2) is 5.70. The summed E-state index contributed by atoms with van der Waals surface area (Å²) in [7, 11) is 0. The van der Waals surface area contributed by atoms with E-state index in [4.69, 9.17) is 0 Å². The first-order chi connectivity index (χ1) is 10.3. The van der Waals surface area contributed by atoms with Crippen molar-refractivity contribution in [2.45, 2.75) is 6.54 Å². The molecular weight excluding hydrogens is 266 g/mol. The fourth-order valence-electron chi connectivity index (χ4n) is 2.25. The Morgan fingerprint density at radius 2 is 2.19 bits per heavy atom. The summed E-state index contributed by atoms with van der Waals surface area (Å²) < 4.78 is 1.67. The summed E-state index contributed by atoms with van der Waals surface area (Å²) in [4.78, 5) is 13.3. The van der Waals surface area contributed by atoms with Gasteiger partial charge in [-0.05, 0) is 24.3 Å². The van der Waals surface area contributed by atoms with Crippen molar-refractivity contribution < 1.29 is 4.79 Å². The van der Waals surface area contributed by atoms with Crippen molar-refractivity contribution >= 4 is 23.6 Å². The van der Waals surface area contributed by atoms with Gasteiger partial charge in [-0.3, -0.25) is 4.90 Å². The second-order valence-corrected chi connectivity index (χ2v) is 4.80. The van der Waals surface area contributed by atoms with E-state index < -0.39 is 0 Å². The topological polar surface area (TPSA) is 62.2 Å². The number of urea groups is 1. The van der Waals surface area contributed by atoms with E-state index in [0.29, 0.717) is 19.6 Å². The Kier molecular flexibility index (Phi) is 3.59. The lowest BCUT2D eigenvalue weighted by Gasteiger charge is -2.14. The molecule has 1 aliphatic heterocycles. The summed E-state index contributed by atoms with van der Waals surface area (Å²) in [6.45, 7) is 5.77. The highest BCUT2D eigenvalue weighted by atomic mass is 16.2. The molecule has 2 aromatic rings. The molecule has 2 heterocycles. The van der Waals surface area contributed by atoms with Gasteiger partial charge in [0.15, 0.2) is 0 Å². The molecule has 0 radical (unpaired) electrons. The summed E-state index contributed by atoms with van der Waals surface area (Å²) in [6, 6.07) is 7.80. The Morgan fingerprint density at radius 1 is 1.38 bits per heavy atom. The smallest absolute Gasteiger partial charge is 0.321 e. The first-order valence-electron chi connectivity index (χ1n) is 6.81. The number of amides is 2. The third-order valence-corrected chi connectivity index (χ3v) is 3.37. The van der Waals surface area contributed by atoms with Crippen LogP contribution in [0.1, 0.15) is 5.56 Å².